The van der Waals surface area contributed by atoms with Crippen molar-refractivity contribution in [2.75, 3.05) is 5.32 Å². The molecule has 3 heterocycles. The van der Waals surface area contributed by atoms with Gasteiger partial charge in [0.1, 0.15) is 6.07 Å². The third kappa shape index (κ3) is 2.74. The van der Waals surface area contributed by atoms with E-state index in [1.54, 1.807) is 30.7 Å². The summed E-state index contributed by atoms with van der Waals surface area (Å²) in [5, 5.41) is 11.4. The molecule has 126 valence electrons. The second-order valence-electron chi connectivity index (χ2n) is 5.67. The van der Waals surface area contributed by atoms with Gasteiger partial charge >= 0.3 is 0 Å². The van der Waals surface area contributed by atoms with Crippen LogP contribution in [0.3, 0.4) is 0 Å². The van der Waals surface area contributed by atoms with Crippen LogP contribution in [0.25, 0.3) is 0 Å². The van der Waals surface area contributed by atoms with Crippen molar-refractivity contribution in [1.82, 2.24) is 4.98 Å². The smallest absolute Gasteiger partial charge is 0.277 e. The van der Waals surface area contributed by atoms with E-state index in [9.17, 15) is 9.18 Å². The molecule has 0 radical (unpaired) electrons. The Morgan fingerprint density at radius 2 is 2.19 bits per heavy atom. The standard InChI is InChI=1S/C19H11FN4O2/c20-16-5-11(7-21)8-22-18(16)19(25)24-14-2-1-12-9-23-17(15(12)6-14)13-3-4-26-10-13/h1-6,8,10H,9H2,(H,24,25). The number of aromatic nitrogens is 1. The highest BCUT2D eigenvalue weighted by atomic mass is 19.1. The minimum atomic E-state index is -0.844. The van der Waals surface area contributed by atoms with Crippen LogP contribution in [0.1, 0.15) is 32.7 Å². The first-order valence-corrected chi connectivity index (χ1v) is 7.73. The third-order valence-corrected chi connectivity index (χ3v) is 4.01. The number of anilines is 1. The summed E-state index contributed by atoms with van der Waals surface area (Å²) in [4.78, 5) is 20.5. The Morgan fingerprint density at radius 1 is 1.31 bits per heavy atom. The van der Waals surface area contributed by atoms with Crippen molar-refractivity contribution in [1.29, 1.82) is 5.26 Å². The minimum Gasteiger partial charge on any atom is -0.472 e. The predicted molar refractivity (Wildman–Crippen MR) is 91.4 cm³/mol. The fourth-order valence-corrected chi connectivity index (χ4v) is 2.76. The molecule has 0 saturated carbocycles. The Balaban J connectivity index is 1.61. The number of fused-ring (bicyclic) bond motifs is 1. The number of benzene rings is 1. The lowest BCUT2D eigenvalue weighted by Crippen LogP contribution is -2.16. The summed E-state index contributed by atoms with van der Waals surface area (Å²) in [5.74, 6) is -1.53. The summed E-state index contributed by atoms with van der Waals surface area (Å²) < 4.78 is 19.1. The van der Waals surface area contributed by atoms with Crippen LogP contribution < -0.4 is 5.32 Å². The lowest BCUT2D eigenvalue weighted by atomic mass is 10.0. The van der Waals surface area contributed by atoms with Gasteiger partial charge in [-0.05, 0) is 29.8 Å². The highest BCUT2D eigenvalue weighted by Gasteiger charge is 2.20. The van der Waals surface area contributed by atoms with E-state index in [2.05, 4.69) is 15.3 Å². The van der Waals surface area contributed by atoms with E-state index in [0.29, 0.717) is 12.2 Å². The van der Waals surface area contributed by atoms with Gasteiger partial charge in [0.05, 0.1) is 30.3 Å². The molecule has 1 N–H and O–H groups in total. The van der Waals surface area contributed by atoms with Crippen molar-refractivity contribution >= 4 is 17.3 Å². The van der Waals surface area contributed by atoms with Crippen molar-refractivity contribution < 1.29 is 13.6 Å². The number of nitrogens with one attached hydrogen (secondary N) is 1. The number of aliphatic imine (C=N–C) groups is 1. The average Bonchev–Trinajstić information content (AvgIpc) is 3.30. The Bertz CT molecular complexity index is 1080. The third-order valence-electron chi connectivity index (χ3n) is 4.01. The fourth-order valence-electron chi connectivity index (χ4n) is 2.76. The molecule has 3 aromatic rings. The van der Waals surface area contributed by atoms with Crippen LogP contribution in [0.5, 0.6) is 0 Å². The minimum absolute atomic E-state index is 0.0533. The number of carbonyl (C=O) groups excluding carboxylic acids is 1. The van der Waals surface area contributed by atoms with Crippen LogP contribution >= 0.6 is 0 Å². The molecule has 4 rings (SSSR count). The maximum Gasteiger partial charge on any atom is 0.277 e. The average molecular weight is 346 g/mol. The van der Waals surface area contributed by atoms with Crippen LogP contribution in [0.15, 0.2) is 58.5 Å². The lowest BCUT2D eigenvalue weighted by molar-refractivity contribution is 0.101. The fraction of sp³-hybridized carbons (Fsp3) is 0.0526. The van der Waals surface area contributed by atoms with E-state index in [4.69, 9.17) is 9.68 Å². The van der Waals surface area contributed by atoms with E-state index in [-0.39, 0.29) is 11.3 Å². The first-order valence-electron chi connectivity index (χ1n) is 7.73. The van der Waals surface area contributed by atoms with Gasteiger partial charge in [0, 0.05) is 23.0 Å². The zero-order valence-electron chi connectivity index (χ0n) is 13.4. The normalized spacial score (nSPS) is 12.2. The van der Waals surface area contributed by atoms with Crippen LogP contribution in [0, 0.1) is 17.1 Å². The molecule has 1 aliphatic heterocycles. The van der Waals surface area contributed by atoms with E-state index in [1.807, 2.05) is 12.1 Å². The first-order chi connectivity index (χ1) is 12.7. The summed E-state index contributed by atoms with van der Waals surface area (Å²) in [7, 11) is 0. The highest BCUT2D eigenvalue weighted by Crippen LogP contribution is 2.26. The Hall–Kier alpha value is -3.79. The maximum absolute atomic E-state index is 14.0. The molecule has 0 bridgehead atoms. The van der Waals surface area contributed by atoms with Gasteiger partial charge in [0.15, 0.2) is 11.5 Å². The molecule has 1 aliphatic rings. The van der Waals surface area contributed by atoms with Crippen LogP contribution in [0.2, 0.25) is 0 Å². The monoisotopic (exact) mass is 346 g/mol. The summed E-state index contributed by atoms with van der Waals surface area (Å²) in [6, 6.07) is 9.95. The predicted octanol–water partition coefficient (Wildman–Crippen LogP) is 3.29. The molecule has 0 unspecified atom stereocenters. The number of furan rings is 1. The number of carbonyl (C=O) groups is 1. The van der Waals surface area contributed by atoms with Gasteiger partial charge in [-0.3, -0.25) is 9.79 Å². The molecule has 26 heavy (non-hydrogen) atoms. The van der Waals surface area contributed by atoms with Crippen molar-refractivity contribution in [2.24, 2.45) is 4.99 Å². The number of pyridine rings is 1. The molecule has 6 nitrogen and oxygen atoms in total. The number of nitrogens with zero attached hydrogens (tertiary/aromatic N) is 3. The van der Waals surface area contributed by atoms with Crippen LogP contribution in [0.4, 0.5) is 10.1 Å². The molecule has 1 amide bonds. The van der Waals surface area contributed by atoms with E-state index < -0.39 is 11.7 Å². The van der Waals surface area contributed by atoms with Gasteiger partial charge in [0.25, 0.3) is 5.91 Å². The Kier molecular flexibility index (Phi) is 3.78. The topological polar surface area (TPSA) is 91.3 Å². The Morgan fingerprint density at radius 3 is 2.92 bits per heavy atom. The zero-order valence-corrected chi connectivity index (χ0v) is 13.4. The maximum atomic E-state index is 14.0. The molecule has 0 spiro atoms. The molecular formula is C19H11FN4O2. The van der Waals surface area contributed by atoms with Crippen LogP contribution in [-0.4, -0.2) is 16.6 Å². The van der Waals surface area contributed by atoms with Crippen molar-refractivity contribution in [3.63, 3.8) is 0 Å². The zero-order chi connectivity index (χ0) is 18.1. The molecule has 1 aromatic carbocycles. The SMILES string of the molecule is N#Cc1cnc(C(=O)Nc2ccc3c(c2)C(c2ccoc2)=NC3)c(F)c1. The van der Waals surface area contributed by atoms with Gasteiger partial charge in [-0.2, -0.15) is 5.26 Å². The van der Waals surface area contributed by atoms with Gasteiger partial charge in [-0.1, -0.05) is 6.07 Å². The van der Waals surface area contributed by atoms with Crippen molar-refractivity contribution in [3.8, 4) is 6.07 Å². The van der Waals surface area contributed by atoms with E-state index >= 15 is 0 Å². The number of hydrogen-bond donors (Lipinski definition) is 1. The molecular weight excluding hydrogens is 335 g/mol. The largest absolute Gasteiger partial charge is 0.472 e. The van der Waals surface area contributed by atoms with Gasteiger partial charge in [-0.25, -0.2) is 9.37 Å². The molecule has 2 aromatic heterocycles. The molecule has 7 heteroatoms. The lowest BCUT2D eigenvalue weighted by Gasteiger charge is -2.08. The number of hydrogen-bond acceptors (Lipinski definition) is 5. The summed E-state index contributed by atoms with van der Waals surface area (Å²) in [6.07, 6.45) is 4.33. The van der Waals surface area contributed by atoms with Crippen molar-refractivity contribution in [2.45, 2.75) is 6.54 Å². The molecule has 0 atom stereocenters. The highest BCUT2D eigenvalue weighted by molar-refractivity contribution is 6.15. The van der Waals surface area contributed by atoms with Gasteiger partial charge in [-0.15, -0.1) is 0 Å². The second-order valence-corrected chi connectivity index (χ2v) is 5.67. The number of amides is 1. The quantitative estimate of drug-likeness (QED) is 0.788. The van der Waals surface area contributed by atoms with Gasteiger partial charge < -0.3 is 9.73 Å². The van der Waals surface area contributed by atoms with Crippen LogP contribution in [-0.2, 0) is 6.54 Å². The summed E-state index contributed by atoms with van der Waals surface area (Å²) >= 11 is 0. The van der Waals surface area contributed by atoms with Crippen molar-refractivity contribution in [3.05, 3.63) is 82.8 Å². The molecule has 0 fully saturated rings. The molecule has 0 aliphatic carbocycles. The summed E-state index contributed by atoms with van der Waals surface area (Å²) in [5.41, 5.74) is 3.74. The number of halogens is 1. The van der Waals surface area contributed by atoms with E-state index in [0.717, 1.165) is 34.7 Å². The molecule has 0 saturated heterocycles. The summed E-state index contributed by atoms with van der Waals surface area (Å²) in [6.45, 7) is 0.551. The number of rotatable bonds is 3. The first kappa shape index (κ1) is 15.7. The number of nitriles is 1. The second kappa shape index (κ2) is 6.26. The Labute approximate surface area is 147 Å². The van der Waals surface area contributed by atoms with E-state index in [1.165, 1.54) is 0 Å². The van der Waals surface area contributed by atoms with Gasteiger partial charge in [0.2, 0.25) is 0 Å².